The monoisotopic (exact) mass is 613 g/mol. The highest BCUT2D eigenvalue weighted by Crippen LogP contribution is 2.67. The van der Waals surface area contributed by atoms with Gasteiger partial charge >= 0.3 is 0 Å². The average Bonchev–Trinajstić information content (AvgIpc) is 3.51. The van der Waals surface area contributed by atoms with Gasteiger partial charge in [0.05, 0.1) is 16.6 Å². The summed E-state index contributed by atoms with van der Waals surface area (Å²) in [4.78, 5) is 43.6. The minimum atomic E-state index is -0.677. The van der Waals surface area contributed by atoms with E-state index in [9.17, 15) is 19.5 Å². The number of aliphatic hydroxyl groups excluding tert-OH is 1. The maximum Gasteiger partial charge on any atom is 0.248 e. The number of halogens is 1. The molecule has 0 aromatic heterocycles. The van der Waals surface area contributed by atoms with Crippen LogP contribution in [-0.2, 0) is 20.9 Å². The Kier molecular flexibility index (Phi) is 8.40. The summed E-state index contributed by atoms with van der Waals surface area (Å²) in [5.41, 5.74) is 3.75. The molecule has 6 atom stereocenters. The highest BCUT2D eigenvalue weighted by molar-refractivity contribution is 9.09. The second kappa shape index (κ2) is 11.6. The lowest BCUT2D eigenvalue weighted by Crippen LogP contribution is -2.53. The molecule has 7 nitrogen and oxygen atoms in total. The maximum atomic E-state index is 14.1. The number of amides is 3. The van der Waals surface area contributed by atoms with Crippen LogP contribution in [0.3, 0.4) is 0 Å². The molecule has 3 aliphatic rings. The van der Waals surface area contributed by atoms with Crippen LogP contribution in [0.1, 0.15) is 42.4 Å². The first-order valence-electron chi connectivity index (χ1n) is 13.7. The number of carbonyl (C=O) groups is 3. The molecule has 0 aliphatic carbocycles. The molecule has 3 N–H and O–H groups in total. The molecule has 0 saturated carbocycles. The van der Waals surface area contributed by atoms with Crippen LogP contribution < -0.4 is 10.6 Å². The predicted octanol–water partition coefficient (Wildman–Crippen LogP) is 4.19. The normalized spacial score (nSPS) is 29.0. The van der Waals surface area contributed by atoms with E-state index in [0.717, 1.165) is 28.8 Å². The highest BCUT2D eigenvalue weighted by Gasteiger charge is 2.75. The molecule has 0 radical (unpaired) electrons. The zero-order valence-electron chi connectivity index (χ0n) is 22.4. The highest BCUT2D eigenvalue weighted by atomic mass is 79.9. The number of hydrogen-bond donors (Lipinski definition) is 3. The Balaban J connectivity index is 1.44. The Hall–Kier alpha value is -2.36. The number of nitrogens with zero attached hydrogens (tertiary/aromatic N) is 1. The molecule has 208 valence electrons. The van der Waals surface area contributed by atoms with E-state index in [1.165, 1.54) is 0 Å². The number of thioether (sulfide) groups is 1. The smallest absolute Gasteiger partial charge is 0.248 e. The lowest BCUT2D eigenvalue weighted by atomic mass is 9.70. The summed E-state index contributed by atoms with van der Waals surface area (Å²) in [7, 11) is 0. The van der Waals surface area contributed by atoms with Crippen molar-refractivity contribution >= 4 is 51.1 Å². The molecule has 39 heavy (non-hydrogen) atoms. The van der Waals surface area contributed by atoms with Crippen molar-refractivity contribution in [2.75, 3.05) is 18.5 Å². The molecule has 3 heterocycles. The topological polar surface area (TPSA) is 98.7 Å². The fourth-order valence-corrected chi connectivity index (χ4v) is 10.1. The van der Waals surface area contributed by atoms with Crippen LogP contribution in [0.5, 0.6) is 0 Å². The maximum absolute atomic E-state index is 14.1. The van der Waals surface area contributed by atoms with Crippen molar-refractivity contribution in [1.82, 2.24) is 10.2 Å². The third-order valence-corrected chi connectivity index (χ3v) is 11.6. The van der Waals surface area contributed by atoms with E-state index in [-0.39, 0.29) is 34.4 Å². The first-order chi connectivity index (χ1) is 18.8. The van der Waals surface area contributed by atoms with Crippen molar-refractivity contribution in [3.8, 4) is 0 Å². The van der Waals surface area contributed by atoms with Gasteiger partial charge in [-0.05, 0) is 62.3 Å². The standard InChI is InChI=1S/C30H36BrN3O4S/c1-18-11-12-19(2)22(15-18)33-28(37)26-30-16-21(31)25(39-30)23(27(36)32-17-20-9-5-3-6-10-20)24(30)29(38)34(26)13-7-4-8-14-35/h3,5-6,9-12,15,21,23-26,35H,4,7-8,13-14,16-17H2,1-2H3,(H,32,36)(H,33,37)/t21?,23-,24+,25-,26?,30?/m1/s1. The van der Waals surface area contributed by atoms with Crippen molar-refractivity contribution in [2.24, 2.45) is 11.8 Å². The van der Waals surface area contributed by atoms with Crippen LogP contribution in [0.4, 0.5) is 5.69 Å². The molecule has 3 unspecified atom stereocenters. The summed E-state index contributed by atoms with van der Waals surface area (Å²) in [5.74, 6) is -1.49. The van der Waals surface area contributed by atoms with Crippen LogP contribution in [0.15, 0.2) is 48.5 Å². The Morgan fingerprint density at radius 3 is 2.62 bits per heavy atom. The van der Waals surface area contributed by atoms with Crippen molar-refractivity contribution in [3.05, 3.63) is 65.2 Å². The SMILES string of the molecule is Cc1ccc(C)c(NC(=O)C2N(CCCCCO)C(=O)[C@@H]3[C@@H](C(=O)NCc4ccccc4)[C@@H]4SC23CC4Br)c1. The van der Waals surface area contributed by atoms with Gasteiger partial charge in [0, 0.05) is 35.5 Å². The molecular formula is C30H36BrN3O4S. The van der Waals surface area contributed by atoms with Crippen LogP contribution >= 0.6 is 27.7 Å². The Morgan fingerprint density at radius 1 is 1.10 bits per heavy atom. The summed E-state index contributed by atoms with van der Waals surface area (Å²) >= 11 is 5.47. The van der Waals surface area contributed by atoms with E-state index >= 15 is 0 Å². The molecule has 2 bridgehead atoms. The van der Waals surface area contributed by atoms with Crippen LogP contribution in [0, 0.1) is 25.7 Å². The number of fused-ring (bicyclic) bond motifs is 1. The molecule has 3 saturated heterocycles. The summed E-state index contributed by atoms with van der Waals surface area (Å²) in [5, 5.41) is 15.4. The number of anilines is 1. The van der Waals surface area contributed by atoms with Gasteiger partial charge in [-0.1, -0.05) is 58.4 Å². The van der Waals surface area contributed by atoms with E-state index in [1.807, 2.05) is 62.4 Å². The minimum absolute atomic E-state index is 0.0318. The first kappa shape index (κ1) is 28.2. The number of carbonyl (C=O) groups excluding carboxylic acids is 3. The number of nitrogens with one attached hydrogen (secondary N) is 2. The second-order valence-electron chi connectivity index (χ2n) is 11.0. The first-order valence-corrected chi connectivity index (χ1v) is 15.5. The zero-order valence-corrected chi connectivity index (χ0v) is 24.8. The van der Waals surface area contributed by atoms with Gasteiger partial charge in [0.25, 0.3) is 0 Å². The van der Waals surface area contributed by atoms with Gasteiger partial charge in [-0.2, -0.15) is 0 Å². The molecule has 3 fully saturated rings. The number of alkyl halides is 1. The molecule has 2 aromatic carbocycles. The summed E-state index contributed by atoms with van der Waals surface area (Å²) in [6.45, 7) is 4.87. The summed E-state index contributed by atoms with van der Waals surface area (Å²) in [6.07, 6.45) is 2.76. The average molecular weight is 615 g/mol. The van der Waals surface area contributed by atoms with E-state index in [2.05, 4.69) is 26.6 Å². The number of aryl methyl sites for hydroxylation is 2. The molecule has 1 spiro atoms. The largest absolute Gasteiger partial charge is 0.396 e. The fraction of sp³-hybridized carbons (Fsp3) is 0.500. The number of rotatable bonds is 10. The van der Waals surface area contributed by atoms with Crippen molar-refractivity contribution in [2.45, 2.75) is 66.9 Å². The number of unbranched alkanes of at least 4 members (excludes halogenated alkanes) is 2. The van der Waals surface area contributed by atoms with Gasteiger partial charge in [0.2, 0.25) is 17.7 Å². The molecule has 2 aromatic rings. The predicted molar refractivity (Wildman–Crippen MR) is 158 cm³/mol. The van der Waals surface area contributed by atoms with Crippen molar-refractivity contribution in [3.63, 3.8) is 0 Å². The van der Waals surface area contributed by atoms with E-state index in [4.69, 9.17) is 0 Å². The molecule has 9 heteroatoms. The van der Waals surface area contributed by atoms with E-state index in [1.54, 1.807) is 16.7 Å². The molecule has 5 rings (SSSR count). The third-order valence-electron chi connectivity index (χ3n) is 8.36. The van der Waals surface area contributed by atoms with Gasteiger partial charge in [0.1, 0.15) is 6.04 Å². The zero-order chi connectivity index (χ0) is 27.7. The molecular weight excluding hydrogens is 578 g/mol. The number of hydrogen-bond acceptors (Lipinski definition) is 5. The third kappa shape index (κ3) is 5.25. The van der Waals surface area contributed by atoms with Gasteiger partial charge in [-0.25, -0.2) is 0 Å². The summed E-state index contributed by atoms with van der Waals surface area (Å²) < 4.78 is -0.677. The number of aliphatic hydroxyl groups is 1. The Labute approximate surface area is 242 Å². The number of benzene rings is 2. The number of likely N-dealkylation sites (tertiary alicyclic amines) is 1. The minimum Gasteiger partial charge on any atom is -0.396 e. The van der Waals surface area contributed by atoms with E-state index in [0.29, 0.717) is 32.4 Å². The molecule has 3 aliphatic heterocycles. The Morgan fingerprint density at radius 2 is 1.87 bits per heavy atom. The quantitative estimate of drug-likeness (QED) is 0.276. The Bertz CT molecular complexity index is 1240. The van der Waals surface area contributed by atoms with Gasteiger partial charge in [-0.3, -0.25) is 14.4 Å². The lowest BCUT2D eigenvalue weighted by Gasteiger charge is -2.35. The van der Waals surface area contributed by atoms with Crippen molar-refractivity contribution in [1.29, 1.82) is 0 Å². The molecule has 3 amide bonds. The van der Waals surface area contributed by atoms with Gasteiger partial charge in [-0.15, -0.1) is 11.8 Å². The van der Waals surface area contributed by atoms with Crippen LogP contribution in [-0.4, -0.2) is 61.7 Å². The van der Waals surface area contributed by atoms with Crippen molar-refractivity contribution < 1.29 is 19.5 Å². The van der Waals surface area contributed by atoms with E-state index < -0.39 is 22.6 Å². The van der Waals surface area contributed by atoms with Crippen LogP contribution in [0.2, 0.25) is 0 Å². The fourth-order valence-electron chi connectivity index (χ4n) is 6.52. The van der Waals surface area contributed by atoms with Crippen LogP contribution in [0.25, 0.3) is 0 Å². The van der Waals surface area contributed by atoms with Gasteiger partial charge in [0.15, 0.2) is 0 Å². The van der Waals surface area contributed by atoms with Gasteiger partial charge < -0.3 is 20.6 Å². The summed E-state index contributed by atoms with van der Waals surface area (Å²) in [6, 6.07) is 15.0. The lowest BCUT2D eigenvalue weighted by molar-refractivity contribution is -0.139. The second-order valence-corrected chi connectivity index (χ2v) is 13.7.